The van der Waals surface area contributed by atoms with Crippen molar-refractivity contribution >= 4 is 5.57 Å². The molecule has 1 heteroatoms. The lowest BCUT2D eigenvalue weighted by atomic mass is 9.93. The third kappa shape index (κ3) is 1.62. The monoisotopic (exact) mass is 184 g/mol. The summed E-state index contributed by atoms with van der Waals surface area (Å²) in [5.74, 6) is 0. The quantitative estimate of drug-likeness (QED) is 0.662. The van der Waals surface area contributed by atoms with Gasteiger partial charge in [0.2, 0.25) is 0 Å². The molecule has 0 aliphatic heterocycles. The molecule has 1 nitrogen and oxygen atoms in total. The van der Waals surface area contributed by atoms with Crippen molar-refractivity contribution in [3.63, 3.8) is 0 Å². The van der Waals surface area contributed by atoms with Crippen LogP contribution in [0.15, 0.2) is 60.4 Å². The van der Waals surface area contributed by atoms with Crippen molar-refractivity contribution in [2.45, 2.75) is 6.42 Å². The van der Waals surface area contributed by atoms with Gasteiger partial charge in [0.05, 0.1) is 6.26 Å². The van der Waals surface area contributed by atoms with E-state index in [-0.39, 0.29) is 0 Å². The molecule has 0 atom stereocenters. The number of benzene rings is 1. The number of allylic oxidation sites excluding steroid dienone is 5. The van der Waals surface area contributed by atoms with E-state index in [4.69, 9.17) is 5.11 Å². The summed E-state index contributed by atoms with van der Waals surface area (Å²) < 4.78 is 0. The Morgan fingerprint density at radius 3 is 2.64 bits per heavy atom. The summed E-state index contributed by atoms with van der Waals surface area (Å²) in [6.45, 7) is 0. The highest BCUT2D eigenvalue weighted by atomic mass is 16.2. The van der Waals surface area contributed by atoms with Crippen LogP contribution in [0.1, 0.15) is 12.0 Å². The van der Waals surface area contributed by atoms with Crippen molar-refractivity contribution in [1.29, 1.82) is 0 Å². The second-order valence-electron chi connectivity index (χ2n) is 3.23. The number of rotatable bonds is 1. The Morgan fingerprint density at radius 2 is 1.93 bits per heavy atom. The van der Waals surface area contributed by atoms with Crippen molar-refractivity contribution in [2.24, 2.45) is 0 Å². The smallest absolute Gasteiger partial charge is 0.0833 e. The molecule has 1 aromatic rings. The molecule has 0 unspecified atom stereocenters. The van der Waals surface area contributed by atoms with Gasteiger partial charge in [-0.2, -0.15) is 0 Å². The van der Waals surface area contributed by atoms with E-state index < -0.39 is 0 Å². The van der Waals surface area contributed by atoms with Crippen LogP contribution >= 0.6 is 0 Å². The maximum absolute atomic E-state index is 9.09. The van der Waals surface area contributed by atoms with Crippen LogP contribution in [-0.4, -0.2) is 5.11 Å². The first-order valence-electron chi connectivity index (χ1n) is 4.67. The lowest BCUT2D eigenvalue weighted by Crippen LogP contribution is -1.92. The molecule has 0 amide bonds. The van der Waals surface area contributed by atoms with E-state index in [1.54, 1.807) is 0 Å². The third-order valence-corrected chi connectivity index (χ3v) is 2.32. The molecule has 14 heavy (non-hydrogen) atoms. The molecule has 1 N–H and O–H groups in total. The van der Waals surface area contributed by atoms with Gasteiger partial charge in [-0.3, -0.25) is 0 Å². The van der Waals surface area contributed by atoms with E-state index in [9.17, 15) is 0 Å². The van der Waals surface area contributed by atoms with Gasteiger partial charge < -0.3 is 5.11 Å². The Kier molecular flexibility index (Phi) is 2.50. The van der Waals surface area contributed by atoms with Gasteiger partial charge in [-0.25, -0.2) is 0 Å². The van der Waals surface area contributed by atoms with Gasteiger partial charge in [-0.1, -0.05) is 48.6 Å². The largest absolute Gasteiger partial charge is 0.515 e. The zero-order chi connectivity index (χ0) is 9.80. The van der Waals surface area contributed by atoms with Crippen LogP contribution in [0.3, 0.4) is 0 Å². The Bertz CT molecular complexity index is 397. The van der Waals surface area contributed by atoms with Gasteiger partial charge in [0.15, 0.2) is 0 Å². The molecule has 0 radical (unpaired) electrons. The Hall–Kier alpha value is -1.76. The first-order chi connectivity index (χ1) is 6.92. The molecule has 0 saturated heterocycles. The van der Waals surface area contributed by atoms with Crippen LogP contribution in [0.25, 0.3) is 5.57 Å². The molecule has 1 aliphatic carbocycles. The maximum Gasteiger partial charge on any atom is 0.0833 e. The van der Waals surface area contributed by atoms with Crippen molar-refractivity contribution in [3.05, 3.63) is 66.0 Å². The number of hydrogen-bond donors (Lipinski definition) is 1. The molecule has 0 spiro atoms. The minimum absolute atomic E-state index is 0.803. The fourth-order valence-corrected chi connectivity index (χ4v) is 1.60. The van der Waals surface area contributed by atoms with Crippen LogP contribution in [0.2, 0.25) is 0 Å². The number of aliphatic hydroxyl groups is 1. The van der Waals surface area contributed by atoms with Gasteiger partial charge >= 0.3 is 0 Å². The first kappa shape index (κ1) is 8.82. The maximum atomic E-state index is 9.09. The highest BCUT2D eigenvalue weighted by molar-refractivity contribution is 5.81. The van der Waals surface area contributed by atoms with Crippen LogP contribution in [0, 0.1) is 0 Å². The summed E-state index contributed by atoms with van der Waals surface area (Å²) in [5.41, 5.74) is 3.23. The summed E-state index contributed by atoms with van der Waals surface area (Å²) in [5, 5.41) is 9.09. The summed E-state index contributed by atoms with van der Waals surface area (Å²) in [6.07, 6.45) is 8.09. The van der Waals surface area contributed by atoms with Crippen LogP contribution in [0.4, 0.5) is 0 Å². The molecular weight excluding hydrogens is 172 g/mol. The summed E-state index contributed by atoms with van der Waals surface area (Å²) in [4.78, 5) is 0. The Labute approximate surface area is 83.7 Å². The molecule has 1 aliphatic rings. The van der Waals surface area contributed by atoms with Gasteiger partial charge in [-0.15, -0.1) is 0 Å². The van der Waals surface area contributed by atoms with Gasteiger partial charge in [0.25, 0.3) is 0 Å². The van der Waals surface area contributed by atoms with Gasteiger partial charge in [0.1, 0.15) is 0 Å². The van der Waals surface area contributed by atoms with Crippen molar-refractivity contribution in [3.8, 4) is 0 Å². The van der Waals surface area contributed by atoms with Crippen LogP contribution in [-0.2, 0) is 0 Å². The highest BCUT2D eigenvalue weighted by Gasteiger charge is 2.08. The molecule has 0 heterocycles. The molecule has 0 aromatic heterocycles. The van der Waals surface area contributed by atoms with Crippen molar-refractivity contribution in [2.75, 3.05) is 0 Å². The van der Waals surface area contributed by atoms with E-state index >= 15 is 0 Å². The van der Waals surface area contributed by atoms with Gasteiger partial charge in [-0.05, 0) is 23.1 Å². The lowest BCUT2D eigenvalue weighted by Gasteiger charge is -2.12. The van der Waals surface area contributed by atoms with Crippen LogP contribution < -0.4 is 0 Å². The van der Waals surface area contributed by atoms with Gasteiger partial charge in [0, 0.05) is 0 Å². The Morgan fingerprint density at radius 1 is 1.14 bits per heavy atom. The number of aliphatic hydroxyl groups excluding tert-OH is 1. The predicted molar refractivity (Wildman–Crippen MR) is 58.9 cm³/mol. The average Bonchev–Trinajstić information content (AvgIpc) is 2.30. The number of hydrogen-bond acceptors (Lipinski definition) is 1. The minimum Gasteiger partial charge on any atom is -0.515 e. The van der Waals surface area contributed by atoms with E-state index in [0.717, 1.165) is 23.1 Å². The molecule has 0 bridgehead atoms. The first-order valence-corrected chi connectivity index (χ1v) is 4.67. The summed E-state index contributed by atoms with van der Waals surface area (Å²) in [6, 6.07) is 10.1. The highest BCUT2D eigenvalue weighted by Crippen LogP contribution is 2.28. The van der Waals surface area contributed by atoms with Crippen molar-refractivity contribution in [1.82, 2.24) is 0 Å². The fraction of sp³-hybridized carbons (Fsp3) is 0.0769. The topological polar surface area (TPSA) is 20.2 Å². The summed E-state index contributed by atoms with van der Waals surface area (Å²) >= 11 is 0. The zero-order valence-electron chi connectivity index (χ0n) is 7.85. The molecule has 70 valence electrons. The third-order valence-electron chi connectivity index (χ3n) is 2.32. The molecule has 1 aromatic carbocycles. The molecule has 2 rings (SSSR count). The fourth-order valence-electron chi connectivity index (χ4n) is 1.60. The summed E-state index contributed by atoms with van der Waals surface area (Å²) in [7, 11) is 0. The lowest BCUT2D eigenvalue weighted by molar-refractivity contribution is 0.468. The normalized spacial score (nSPS) is 18.3. The molecule has 0 fully saturated rings. The SMILES string of the molecule is OC=C1CC=CC=C1c1ccccc1. The van der Waals surface area contributed by atoms with Crippen LogP contribution in [0.5, 0.6) is 0 Å². The molecule has 0 saturated carbocycles. The van der Waals surface area contributed by atoms with E-state index in [2.05, 4.69) is 12.1 Å². The second kappa shape index (κ2) is 3.97. The van der Waals surface area contributed by atoms with E-state index in [1.165, 1.54) is 6.26 Å². The average molecular weight is 184 g/mol. The minimum atomic E-state index is 0.803. The zero-order valence-corrected chi connectivity index (χ0v) is 7.85. The Balaban J connectivity index is 2.43. The predicted octanol–water partition coefficient (Wildman–Crippen LogP) is 3.47. The van der Waals surface area contributed by atoms with E-state index in [0.29, 0.717) is 0 Å². The second-order valence-corrected chi connectivity index (χ2v) is 3.23. The van der Waals surface area contributed by atoms with E-state index in [1.807, 2.05) is 36.4 Å². The van der Waals surface area contributed by atoms with Crippen molar-refractivity contribution < 1.29 is 5.11 Å². The molecular formula is C13H12O. The standard InChI is InChI=1S/C13H12O/c14-10-12-8-4-5-9-13(12)11-6-2-1-3-7-11/h1-7,9-10,14H,8H2.